The molecule has 2 saturated heterocycles. The van der Waals surface area contributed by atoms with Crippen LogP contribution in [0.4, 0.5) is 18.9 Å². The van der Waals surface area contributed by atoms with Crippen LogP contribution in [0.25, 0.3) is 11.3 Å². The summed E-state index contributed by atoms with van der Waals surface area (Å²) in [6.45, 7) is -0.344. The predicted molar refractivity (Wildman–Crippen MR) is 115 cm³/mol. The van der Waals surface area contributed by atoms with Crippen LogP contribution in [-0.4, -0.2) is 73.7 Å². The molecule has 5 rings (SSSR count). The van der Waals surface area contributed by atoms with Crippen molar-refractivity contribution in [3.63, 3.8) is 0 Å². The second-order valence-electron chi connectivity index (χ2n) is 8.52. The van der Waals surface area contributed by atoms with Gasteiger partial charge < -0.3 is 30.1 Å². The van der Waals surface area contributed by atoms with Gasteiger partial charge in [0, 0.05) is 11.3 Å². The zero-order chi connectivity index (χ0) is 24.7. The Kier molecular flexibility index (Phi) is 6.23. The van der Waals surface area contributed by atoms with E-state index in [1.807, 2.05) is 30.3 Å². The van der Waals surface area contributed by atoms with Crippen molar-refractivity contribution in [2.45, 2.75) is 42.6 Å². The molecule has 12 heteroatoms. The number of anilines is 1. The van der Waals surface area contributed by atoms with Gasteiger partial charge in [0.2, 0.25) is 5.79 Å². The second kappa shape index (κ2) is 9.21. The Bertz CT molecular complexity index is 1180. The Morgan fingerprint density at radius 2 is 1.83 bits per heavy atom. The first kappa shape index (κ1) is 23.7. The first-order valence-electron chi connectivity index (χ1n) is 11.0. The minimum atomic E-state index is -1.65. The van der Waals surface area contributed by atoms with E-state index in [2.05, 4.69) is 15.6 Å². The van der Waals surface area contributed by atoms with Crippen molar-refractivity contribution in [3.05, 3.63) is 66.1 Å². The van der Waals surface area contributed by atoms with Crippen LogP contribution in [0.3, 0.4) is 0 Å². The number of ether oxygens (including phenoxy) is 2. The summed E-state index contributed by atoms with van der Waals surface area (Å²) in [6, 6.07) is 8.98. The molecule has 2 fully saturated rings. The lowest BCUT2D eigenvalue weighted by molar-refractivity contribution is -0.341. The third kappa shape index (κ3) is 4.06. The van der Waals surface area contributed by atoms with Gasteiger partial charge >= 0.3 is 0 Å². The molecular formula is C23H23F3N4O5. The third-order valence-corrected chi connectivity index (χ3v) is 6.41. The van der Waals surface area contributed by atoms with Crippen molar-refractivity contribution in [2.75, 3.05) is 18.5 Å². The van der Waals surface area contributed by atoms with Gasteiger partial charge in [-0.05, 0) is 30.7 Å². The average Bonchev–Trinajstić information content (AvgIpc) is 3.49. The number of aliphatic hydroxyl groups is 3. The Hall–Kier alpha value is -3.03. The summed E-state index contributed by atoms with van der Waals surface area (Å²) in [5.41, 5.74) is 0.650. The van der Waals surface area contributed by atoms with Crippen LogP contribution in [0.2, 0.25) is 0 Å². The lowest BCUT2D eigenvalue weighted by Gasteiger charge is -2.49. The van der Waals surface area contributed by atoms with Crippen LogP contribution in [0, 0.1) is 17.5 Å². The zero-order valence-electron chi connectivity index (χ0n) is 18.3. The molecule has 186 valence electrons. The predicted octanol–water partition coefficient (Wildman–Crippen LogP) is 1.61. The number of aliphatic hydroxyl groups excluding tert-OH is 3. The van der Waals surface area contributed by atoms with Crippen molar-refractivity contribution in [1.82, 2.24) is 15.0 Å². The van der Waals surface area contributed by atoms with Gasteiger partial charge in [0.25, 0.3) is 0 Å². The van der Waals surface area contributed by atoms with Gasteiger partial charge in [-0.2, -0.15) is 0 Å². The fraction of sp³-hybridized carbons (Fsp3) is 0.391. The first-order chi connectivity index (χ1) is 16.8. The van der Waals surface area contributed by atoms with E-state index in [0.717, 1.165) is 22.5 Å². The molecule has 6 atom stereocenters. The SMILES string of the molecule is OC[C@H]1O[C@]2(OCC[C@H]2Nc2ccccc2)[C@H](O)[C@@H](n2cc(-c3cc(F)c(F)c(F)c3)nn2)[C@H]1O. The number of benzene rings is 2. The number of rotatable bonds is 5. The Labute approximate surface area is 197 Å². The maximum Gasteiger partial charge on any atom is 0.218 e. The van der Waals surface area contributed by atoms with Gasteiger partial charge in [-0.15, -0.1) is 5.10 Å². The first-order valence-corrected chi connectivity index (χ1v) is 11.0. The molecule has 0 saturated carbocycles. The highest BCUT2D eigenvalue weighted by Gasteiger charge is 2.61. The molecule has 9 nitrogen and oxygen atoms in total. The quantitative estimate of drug-likeness (QED) is 0.397. The van der Waals surface area contributed by atoms with E-state index < -0.39 is 60.2 Å². The van der Waals surface area contributed by atoms with E-state index in [1.54, 1.807) is 0 Å². The minimum Gasteiger partial charge on any atom is -0.394 e. The van der Waals surface area contributed by atoms with Crippen LogP contribution in [-0.2, 0) is 9.47 Å². The van der Waals surface area contributed by atoms with Crippen molar-refractivity contribution in [3.8, 4) is 11.3 Å². The molecule has 2 aromatic carbocycles. The second-order valence-corrected chi connectivity index (χ2v) is 8.52. The smallest absolute Gasteiger partial charge is 0.218 e. The minimum absolute atomic E-state index is 0.0189. The maximum absolute atomic E-state index is 13.7. The van der Waals surface area contributed by atoms with E-state index in [1.165, 1.54) is 6.20 Å². The number of hydrogen-bond donors (Lipinski definition) is 4. The van der Waals surface area contributed by atoms with Crippen molar-refractivity contribution in [1.29, 1.82) is 0 Å². The largest absolute Gasteiger partial charge is 0.394 e. The molecule has 0 bridgehead atoms. The molecule has 0 amide bonds. The van der Waals surface area contributed by atoms with Crippen LogP contribution >= 0.6 is 0 Å². The molecule has 0 aliphatic carbocycles. The van der Waals surface area contributed by atoms with Gasteiger partial charge in [-0.1, -0.05) is 23.4 Å². The van der Waals surface area contributed by atoms with Gasteiger partial charge in [0.15, 0.2) is 17.5 Å². The summed E-state index contributed by atoms with van der Waals surface area (Å²) < 4.78 is 53.7. The van der Waals surface area contributed by atoms with E-state index >= 15 is 0 Å². The summed E-state index contributed by atoms with van der Waals surface area (Å²) in [5, 5.41) is 43.3. The fourth-order valence-corrected chi connectivity index (χ4v) is 4.68. The third-order valence-electron chi connectivity index (χ3n) is 6.41. The number of hydrogen-bond acceptors (Lipinski definition) is 8. The molecule has 3 heterocycles. The van der Waals surface area contributed by atoms with Gasteiger partial charge in [0.1, 0.15) is 30.0 Å². The molecule has 0 radical (unpaired) electrons. The van der Waals surface area contributed by atoms with E-state index in [-0.39, 0.29) is 17.9 Å². The fourth-order valence-electron chi connectivity index (χ4n) is 4.68. The molecule has 2 aliphatic rings. The standard InChI is InChI=1S/C23H23F3N4O5/c24-14-8-12(9-15(25)19(14)26)16-10-30(29-28-16)20-21(32)17(11-31)35-23(22(20)33)18(6-7-34-23)27-13-4-2-1-3-5-13/h1-5,8-10,17-18,20-22,27,31-33H,6-7,11H2/t17-,18-,20+,21+,22-,23+/m1/s1. The van der Waals surface area contributed by atoms with Crippen LogP contribution in [0.15, 0.2) is 48.7 Å². The molecule has 1 aromatic heterocycles. The van der Waals surface area contributed by atoms with E-state index in [0.29, 0.717) is 6.42 Å². The molecule has 3 aromatic rings. The molecule has 35 heavy (non-hydrogen) atoms. The Morgan fingerprint density at radius 1 is 1.11 bits per heavy atom. The van der Waals surface area contributed by atoms with E-state index in [4.69, 9.17) is 9.47 Å². The molecular weight excluding hydrogens is 469 g/mol. The zero-order valence-corrected chi connectivity index (χ0v) is 18.3. The molecule has 0 unspecified atom stereocenters. The number of halogens is 3. The van der Waals surface area contributed by atoms with E-state index in [9.17, 15) is 28.5 Å². The number of aromatic nitrogens is 3. The van der Waals surface area contributed by atoms with Crippen LogP contribution < -0.4 is 5.32 Å². The monoisotopic (exact) mass is 492 g/mol. The summed E-state index contributed by atoms with van der Waals surface area (Å²) in [5.74, 6) is -6.05. The molecule has 1 spiro atoms. The summed E-state index contributed by atoms with van der Waals surface area (Å²) in [6.07, 6.45) is -2.34. The summed E-state index contributed by atoms with van der Waals surface area (Å²) >= 11 is 0. The Balaban J connectivity index is 1.49. The summed E-state index contributed by atoms with van der Waals surface area (Å²) in [7, 11) is 0. The topological polar surface area (TPSA) is 122 Å². The number of nitrogens with zero attached hydrogens (tertiary/aromatic N) is 3. The van der Waals surface area contributed by atoms with Crippen molar-refractivity contribution >= 4 is 5.69 Å². The lowest BCUT2D eigenvalue weighted by Crippen LogP contribution is -2.67. The number of para-hydroxylation sites is 1. The van der Waals surface area contributed by atoms with Crippen LogP contribution in [0.1, 0.15) is 12.5 Å². The molecule has 2 aliphatic heterocycles. The van der Waals surface area contributed by atoms with Crippen LogP contribution in [0.5, 0.6) is 0 Å². The van der Waals surface area contributed by atoms with Gasteiger partial charge in [-0.25, -0.2) is 17.9 Å². The maximum atomic E-state index is 13.7. The number of nitrogens with one attached hydrogen (secondary N) is 1. The van der Waals surface area contributed by atoms with Crippen molar-refractivity contribution < 1.29 is 38.0 Å². The molecule has 4 N–H and O–H groups in total. The normalized spacial score (nSPS) is 30.6. The van der Waals surface area contributed by atoms with Crippen molar-refractivity contribution in [2.24, 2.45) is 0 Å². The van der Waals surface area contributed by atoms with Gasteiger partial charge in [0.05, 0.1) is 25.5 Å². The summed E-state index contributed by atoms with van der Waals surface area (Å²) in [4.78, 5) is 0. The van der Waals surface area contributed by atoms with Gasteiger partial charge in [-0.3, -0.25) is 0 Å². The lowest BCUT2D eigenvalue weighted by atomic mass is 9.86. The Morgan fingerprint density at radius 3 is 2.51 bits per heavy atom. The highest BCUT2D eigenvalue weighted by Crippen LogP contribution is 2.44. The highest BCUT2D eigenvalue weighted by molar-refractivity contribution is 5.58. The average molecular weight is 492 g/mol. The highest BCUT2D eigenvalue weighted by atomic mass is 19.2.